The molecule has 3 aromatic rings. The third kappa shape index (κ3) is 2.56. The van der Waals surface area contributed by atoms with Gasteiger partial charge in [0.15, 0.2) is 5.13 Å². The molecule has 0 bridgehead atoms. The fourth-order valence-corrected chi connectivity index (χ4v) is 3.00. The fourth-order valence-electron chi connectivity index (χ4n) is 1.82. The van der Waals surface area contributed by atoms with Crippen LogP contribution in [-0.4, -0.2) is 10.9 Å². The van der Waals surface area contributed by atoms with E-state index in [1.165, 1.54) is 22.7 Å². The molecule has 1 amide bonds. The number of nitrogens with two attached hydrogens (primary N) is 1. The van der Waals surface area contributed by atoms with Gasteiger partial charge in [0, 0.05) is 10.9 Å². The first-order valence-electron chi connectivity index (χ1n) is 5.89. The van der Waals surface area contributed by atoms with E-state index in [9.17, 15) is 4.79 Å². The first-order chi connectivity index (χ1) is 9.74. The molecule has 0 saturated carbocycles. The number of hydrogen-bond acceptors (Lipinski definition) is 5. The maximum atomic E-state index is 12.1. The molecule has 2 heterocycles. The normalized spacial score (nSPS) is 10.4. The van der Waals surface area contributed by atoms with E-state index < -0.39 is 0 Å². The number of nitrogens with one attached hydrogen (secondary N) is 1. The molecule has 2 aromatic heterocycles. The van der Waals surface area contributed by atoms with Crippen LogP contribution in [0.1, 0.15) is 9.67 Å². The van der Waals surface area contributed by atoms with E-state index in [1.54, 1.807) is 6.07 Å². The van der Waals surface area contributed by atoms with Crippen molar-refractivity contribution in [3.8, 4) is 11.3 Å². The van der Waals surface area contributed by atoms with Crippen LogP contribution in [0.2, 0.25) is 0 Å². The van der Waals surface area contributed by atoms with Gasteiger partial charge < -0.3 is 11.1 Å². The number of carbonyl (C=O) groups is 1. The standard InChI is InChI=1S/C14H11N3OS2/c15-14-17-11(8-20-14)9-4-1-2-5-10(9)16-13(18)12-6-3-7-19-12/h1-8H,(H2,15,17)(H,16,18). The van der Waals surface area contributed by atoms with Crippen molar-refractivity contribution in [2.75, 3.05) is 11.1 Å². The van der Waals surface area contributed by atoms with Gasteiger partial charge in [-0.2, -0.15) is 0 Å². The van der Waals surface area contributed by atoms with Gasteiger partial charge in [-0.25, -0.2) is 4.98 Å². The number of nitrogen functional groups attached to an aromatic ring is 1. The number of amides is 1. The lowest BCUT2D eigenvalue weighted by atomic mass is 10.1. The van der Waals surface area contributed by atoms with Gasteiger partial charge in [-0.3, -0.25) is 4.79 Å². The molecular formula is C14H11N3OS2. The lowest BCUT2D eigenvalue weighted by molar-refractivity contribution is 0.103. The Balaban J connectivity index is 1.92. The summed E-state index contributed by atoms with van der Waals surface area (Å²) in [4.78, 5) is 17.1. The van der Waals surface area contributed by atoms with Crippen LogP contribution in [0.4, 0.5) is 10.8 Å². The third-order valence-electron chi connectivity index (χ3n) is 2.72. The average Bonchev–Trinajstić information content (AvgIpc) is 3.10. The Bertz CT molecular complexity index is 734. The van der Waals surface area contributed by atoms with Crippen LogP contribution >= 0.6 is 22.7 Å². The van der Waals surface area contributed by atoms with Crippen molar-refractivity contribution in [3.63, 3.8) is 0 Å². The van der Waals surface area contributed by atoms with Crippen LogP contribution in [0.3, 0.4) is 0 Å². The molecular weight excluding hydrogens is 290 g/mol. The number of thiazole rings is 1. The Labute approximate surface area is 123 Å². The quantitative estimate of drug-likeness (QED) is 0.775. The molecule has 0 radical (unpaired) electrons. The number of thiophene rings is 1. The molecule has 1 aromatic carbocycles. The van der Waals surface area contributed by atoms with E-state index in [0.717, 1.165) is 16.9 Å². The van der Waals surface area contributed by atoms with Gasteiger partial charge in [-0.05, 0) is 17.5 Å². The number of anilines is 2. The van der Waals surface area contributed by atoms with Gasteiger partial charge in [0.1, 0.15) is 0 Å². The summed E-state index contributed by atoms with van der Waals surface area (Å²) in [6.07, 6.45) is 0. The molecule has 0 fully saturated rings. The highest BCUT2D eigenvalue weighted by Crippen LogP contribution is 2.30. The second kappa shape index (κ2) is 5.44. The van der Waals surface area contributed by atoms with Crippen LogP contribution in [0, 0.1) is 0 Å². The molecule has 4 nitrogen and oxygen atoms in total. The highest BCUT2D eigenvalue weighted by molar-refractivity contribution is 7.13. The number of benzene rings is 1. The van der Waals surface area contributed by atoms with E-state index in [4.69, 9.17) is 5.73 Å². The minimum atomic E-state index is -0.115. The molecule has 6 heteroatoms. The number of carbonyl (C=O) groups excluding carboxylic acids is 1. The van der Waals surface area contributed by atoms with E-state index in [-0.39, 0.29) is 5.91 Å². The summed E-state index contributed by atoms with van der Waals surface area (Å²) in [7, 11) is 0. The first-order valence-corrected chi connectivity index (χ1v) is 7.65. The predicted molar refractivity (Wildman–Crippen MR) is 84.2 cm³/mol. The second-order valence-corrected chi connectivity index (χ2v) is 5.89. The Morgan fingerprint density at radius 3 is 2.70 bits per heavy atom. The molecule has 0 aliphatic heterocycles. The second-order valence-electron chi connectivity index (χ2n) is 4.05. The summed E-state index contributed by atoms with van der Waals surface area (Å²) in [5.41, 5.74) is 8.04. The Morgan fingerprint density at radius 1 is 1.15 bits per heavy atom. The summed E-state index contributed by atoms with van der Waals surface area (Å²) in [6, 6.07) is 11.2. The van der Waals surface area contributed by atoms with Gasteiger partial charge in [0.25, 0.3) is 5.91 Å². The highest BCUT2D eigenvalue weighted by atomic mass is 32.1. The van der Waals surface area contributed by atoms with Crippen molar-refractivity contribution in [2.24, 2.45) is 0 Å². The van der Waals surface area contributed by atoms with Crippen molar-refractivity contribution in [2.45, 2.75) is 0 Å². The zero-order chi connectivity index (χ0) is 13.9. The van der Waals surface area contributed by atoms with Gasteiger partial charge in [0.05, 0.1) is 16.3 Å². The molecule has 3 N–H and O–H groups in total. The molecule has 0 unspecified atom stereocenters. The Hall–Kier alpha value is -2.18. The number of rotatable bonds is 3. The zero-order valence-electron chi connectivity index (χ0n) is 10.4. The van der Waals surface area contributed by atoms with Crippen LogP contribution in [0.15, 0.2) is 47.2 Å². The minimum Gasteiger partial charge on any atom is -0.375 e. The molecule has 20 heavy (non-hydrogen) atoms. The number of nitrogens with zero attached hydrogens (tertiary/aromatic N) is 1. The van der Waals surface area contributed by atoms with Gasteiger partial charge >= 0.3 is 0 Å². The Morgan fingerprint density at radius 2 is 2.00 bits per heavy atom. The van der Waals surface area contributed by atoms with Crippen molar-refractivity contribution < 1.29 is 4.79 Å². The first kappa shape index (κ1) is 12.8. The van der Waals surface area contributed by atoms with E-state index in [2.05, 4.69) is 10.3 Å². The summed E-state index contributed by atoms with van der Waals surface area (Å²) in [5, 5.41) is 7.19. The Kier molecular flexibility index (Phi) is 3.49. The summed E-state index contributed by atoms with van der Waals surface area (Å²) in [5.74, 6) is -0.115. The van der Waals surface area contributed by atoms with E-state index in [1.807, 2.05) is 41.1 Å². The number of hydrogen-bond donors (Lipinski definition) is 2. The zero-order valence-corrected chi connectivity index (χ0v) is 12.0. The SMILES string of the molecule is Nc1nc(-c2ccccc2NC(=O)c2cccs2)cs1. The van der Waals surface area contributed by atoms with E-state index >= 15 is 0 Å². The van der Waals surface area contributed by atoms with Crippen LogP contribution in [0.25, 0.3) is 11.3 Å². The summed E-state index contributed by atoms with van der Waals surface area (Å²) >= 11 is 2.79. The topological polar surface area (TPSA) is 68.0 Å². The molecule has 0 aliphatic rings. The number of aromatic nitrogens is 1. The molecule has 0 spiro atoms. The van der Waals surface area contributed by atoms with Crippen molar-refractivity contribution >= 4 is 39.4 Å². The minimum absolute atomic E-state index is 0.115. The molecule has 0 aliphatic carbocycles. The van der Waals surface area contributed by atoms with E-state index in [0.29, 0.717) is 10.0 Å². The molecule has 0 atom stereocenters. The fraction of sp³-hybridized carbons (Fsp3) is 0. The van der Waals surface area contributed by atoms with Crippen LogP contribution in [-0.2, 0) is 0 Å². The lowest BCUT2D eigenvalue weighted by Gasteiger charge is -2.08. The van der Waals surface area contributed by atoms with Gasteiger partial charge in [-0.15, -0.1) is 22.7 Å². The third-order valence-corrected chi connectivity index (χ3v) is 4.26. The van der Waals surface area contributed by atoms with Gasteiger partial charge in [0.2, 0.25) is 0 Å². The van der Waals surface area contributed by atoms with Crippen LogP contribution in [0.5, 0.6) is 0 Å². The lowest BCUT2D eigenvalue weighted by Crippen LogP contribution is -2.10. The van der Waals surface area contributed by atoms with Crippen LogP contribution < -0.4 is 11.1 Å². The predicted octanol–water partition coefficient (Wildman–Crippen LogP) is 3.71. The number of para-hydroxylation sites is 1. The molecule has 3 rings (SSSR count). The highest BCUT2D eigenvalue weighted by Gasteiger charge is 2.12. The van der Waals surface area contributed by atoms with Crippen molar-refractivity contribution in [1.82, 2.24) is 4.98 Å². The molecule has 100 valence electrons. The van der Waals surface area contributed by atoms with Crippen molar-refractivity contribution in [1.29, 1.82) is 0 Å². The van der Waals surface area contributed by atoms with Gasteiger partial charge in [-0.1, -0.05) is 24.3 Å². The average molecular weight is 301 g/mol. The maximum absolute atomic E-state index is 12.1. The largest absolute Gasteiger partial charge is 0.375 e. The maximum Gasteiger partial charge on any atom is 0.265 e. The summed E-state index contributed by atoms with van der Waals surface area (Å²) in [6.45, 7) is 0. The smallest absolute Gasteiger partial charge is 0.265 e. The monoisotopic (exact) mass is 301 g/mol. The summed E-state index contributed by atoms with van der Waals surface area (Å²) < 4.78 is 0. The van der Waals surface area contributed by atoms with Crippen molar-refractivity contribution in [3.05, 3.63) is 52.0 Å². The molecule has 0 saturated heterocycles.